The lowest BCUT2D eigenvalue weighted by Gasteiger charge is -2.34. The van der Waals surface area contributed by atoms with Gasteiger partial charge < -0.3 is 20.7 Å². The topological polar surface area (TPSA) is 93.4 Å². The van der Waals surface area contributed by atoms with Crippen LogP contribution in [0.15, 0.2) is 12.4 Å². The number of anilines is 1. The first-order valence-electron chi connectivity index (χ1n) is 5.94. The van der Waals surface area contributed by atoms with E-state index in [1.54, 1.807) is 12.4 Å². The number of nitrogens with one attached hydrogen (secondary N) is 1. The Morgan fingerprint density at radius 1 is 1.67 bits per heavy atom. The summed E-state index contributed by atoms with van der Waals surface area (Å²) in [6.45, 7) is 4.38. The highest BCUT2D eigenvalue weighted by atomic mass is 16.5. The van der Waals surface area contributed by atoms with Gasteiger partial charge in [0, 0.05) is 19.6 Å². The molecule has 0 bridgehead atoms. The van der Waals surface area contributed by atoms with Crippen LogP contribution in [0.4, 0.5) is 5.82 Å². The summed E-state index contributed by atoms with van der Waals surface area (Å²) in [5.41, 5.74) is 5.39. The van der Waals surface area contributed by atoms with Crippen LogP contribution in [0.25, 0.3) is 0 Å². The number of amides is 1. The molecule has 1 fully saturated rings. The first-order chi connectivity index (χ1) is 8.72. The van der Waals surface area contributed by atoms with Crippen LogP contribution in [0.1, 0.15) is 6.92 Å². The van der Waals surface area contributed by atoms with Crippen LogP contribution in [-0.4, -0.2) is 48.2 Å². The van der Waals surface area contributed by atoms with Crippen molar-refractivity contribution < 1.29 is 9.53 Å². The maximum absolute atomic E-state index is 11.4. The van der Waals surface area contributed by atoms with Crippen LogP contribution >= 0.6 is 0 Å². The first kappa shape index (κ1) is 12.6. The van der Waals surface area contributed by atoms with Crippen molar-refractivity contribution in [2.75, 3.05) is 31.1 Å². The molecule has 0 spiro atoms. The van der Waals surface area contributed by atoms with Gasteiger partial charge in [-0.15, -0.1) is 0 Å². The number of ether oxygens (including phenoxy) is 1. The van der Waals surface area contributed by atoms with E-state index in [1.807, 2.05) is 11.8 Å². The van der Waals surface area contributed by atoms with Gasteiger partial charge in [0.05, 0.1) is 19.0 Å². The Balaban J connectivity index is 2.22. The number of carbonyl (C=O) groups excluding carboxylic acids is 1. The fourth-order valence-corrected chi connectivity index (χ4v) is 1.93. The monoisotopic (exact) mass is 251 g/mol. The molecule has 3 N–H and O–H groups in total. The highest BCUT2D eigenvalue weighted by Crippen LogP contribution is 2.17. The zero-order valence-electron chi connectivity index (χ0n) is 10.3. The summed E-state index contributed by atoms with van der Waals surface area (Å²) in [5, 5.41) is 3.13. The number of carbonyl (C=O) groups is 1. The molecular formula is C11H17N5O2. The predicted molar refractivity (Wildman–Crippen MR) is 66.4 cm³/mol. The van der Waals surface area contributed by atoms with Gasteiger partial charge in [0.1, 0.15) is 6.04 Å². The highest BCUT2D eigenvalue weighted by molar-refractivity contribution is 5.83. The lowest BCUT2D eigenvalue weighted by Crippen LogP contribution is -2.57. The van der Waals surface area contributed by atoms with Gasteiger partial charge in [0.15, 0.2) is 5.82 Å². The molecule has 1 aromatic heterocycles. The summed E-state index contributed by atoms with van der Waals surface area (Å²) in [7, 11) is 0. The second kappa shape index (κ2) is 5.63. The van der Waals surface area contributed by atoms with Crippen LogP contribution in [0.3, 0.4) is 0 Å². The van der Waals surface area contributed by atoms with Crippen LogP contribution in [-0.2, 0) is 4.79 Å². The van der Waals surface area contributed by atoms with Crippen molar-refractivity contribution in [1.29, 1.82) is 0 Å². The van der Waals surface area contributed by atoms with Gasteiger partial charge in [-0.25, -0.2) is 0 Å². The third kappa shape index (κ3) is 2.67. The lowest BCUT2D eigenvalue weighted by molar-refractivity contribution is -0.119. The molecule has 0 saturated carbocycles. The smallest absolute Gasteiger partial charge is 0.241 e. The highest BCUT2D eigenvalue weighted by Gasteiger charge is 2.28. The fraction of sp³-hybridized carbons (Fsp3) is 0.545. The second-order valence-electron chi connectivity index (χ2n) is 3.96. The van der Waals surface area contributed by atoms with Crippen molar-refractivity contribution in [3.63, 3.8) is 0 Å². The SMILES string of the molecule is CCOc1cncc(N2CCNCC2C(N)=O)n1. The molecule has 1 aromatic rings. The van der Waals surface area contributed by atoms with Gasteiger partial charge in [-0.05, 0) is 6.92 Å². The quantitative estimate of drug-likeness (QED) is 0.723. The maximum atomic E-state index is 11.4. The number of rotatable bonds is 4. The third-order valence-electron chi connectivity index (χ3n) is 2.76. The van der Waals surface area contributed by atoms with Gasteiger partial charge in [-0.3, -0.25) is 9.78 Å². The van der Waals surface area contributed by atoms with Crippen molar-refractivity contribution >= 4 is 11.7 Å². The normalized spacial score (nSPS) is 19.6. The van der Waals surface area contributed by atoms with E-state index in [4.69, 9.17) is 10.5 Å². The molecule has 1 unspecified atom stereocenters. The molecule has 1 saturated heterocycles. The average Bonchev–Trinajstić information content (AvgIpc) is 2.39. The van der Waals surface area contributed by atoms with Crippen molar-refractivity contribution in [1.82, 2.24) is 15.3 Å². The van der Waals surface area contributed by atoms with E-state index in [9.17, 15) is 4.79 Å². The molecular weight excluding hydrogens is 234 g/mol. The number of hydrogen-bond donors (Lipinski definition) is 2. The van der Waals surface area contributed by atoms with E-state index < -0.39 is 6.04 Å². The summed E-state index contributed by atoms with van der Waals surface area (Å²) in [6, 6.07) is -0.398. The molecule has 1 aliphatic heterocycles. The zero-order chi connectivity index (χ0) is 13.0. The maximum Gasteiger partial charge on any atom is 0.241 e. The molecule has 2 heterocycles. The molecule has 1 atom stereocenters. The van der Waals surface area contributed by atoms with Crippen molar-refractivity contribution in [2.45, 2.75) is 13.0 Å². The molecule has 18 heavy (non-hydrogen) atoms. The molecule has 7 nitrogen and oxygen atoms in total. The van der Waals surface area contributed by atoms with Gasteiger partial charge in [0.2, 0.25) is 11.8 Å². The van der Waals surface area contributed by atoms with E-state index in [1.165, 1.54) is 0 Å². The van der Waals surface area contributed by atoms with E-state index >= 15 is 0 Å². The summed E-state index contributed by atoms with van der Waals surface area (Å²) in [6.07, 6.45) is 3.16. The molecule has 1 amide bonds. The fourth-order valence-electron chi connectivity index (χ4n) is 1.93. The Labute approximate surface area is 105 Å². The summed E-state index contributed by atoms with van der Waals surface area (Å²) < 4.78 is 5.30. The van der Waals surface area contributed by atoms with Crippen molar-refractivity contribution in [3.05, 3.63) is 12.4 Å². The van der Waals surface area contributed by atoms with Gasteiger partial charge >= 0.3 is 0 Å². The Morgan fingerprint density at radius 2 is 2.50 bits per heavy atom. The molecule has 0 aromatic carbocycles. The Hall–Kier alpha value is -1.89. The average molecular weight is 251 g/mol. The van der Waals surface area contributed by atoms with E-state index in [2.05, 4.69) is 15.3 Å². The lowest BCUT2D eigenvalue weighted by atomic mass is 10.2. The Morgan fingerprint density at radius 3 is 3.22 bits per heavy atom. The van der Waals surface area contributed by atoms with Gasteiger partial charge in [0.25, 0.3) is 0 Å². The predicted octanol–water partition coefficient (Wildman–Crippen LogP) is -0.861. The number of nitrogens with two attached hydrogens (primary N) is 1. The molecule has 98 valence electrons. The number of aromatic nitrogens is 2. The minimum Gasteiger partial charge on any atom is -0.477 e. The van der Waals surface area contributed by atoms with E-state index in [0.717, 1.165) is 6.54 Å². The minimum atomic E-state index is -0.398. The van der Waals surface area contributed by atoms with Crippen LogP contribution in [0.5, 0.6) is 5.88 Å². The number of piperazine rings is 1. The Bertz CT molecular complexity index is 426. The largest absolute Gasteiger partial charge is 0.477 e. The van der Waals surface area contributed by atoms with Crippen LogP contribution in [0, 0.1) is 0 Å². The summed E-state index contributed by atoms with van der Waals surface area (Å²) >= 11 is 0. The molecule has 7 heteroatoms. The number of nitrogens with zero attached hydrogens (tertiary/aromatic N) is 3. The number of primary amides is 1. The van der Waals surface area contributed by atoms with Crippen molar-refractivity contribution in [2.24, 2.45) is 5.73 Å². The van der Waals surface area contributed by atoms with E-state index in [-0.39, 0.29) is 5.91 Å². The summed E-state index contributed by atoms with van der Waals surface area (Å²) in [5.74, 6) is 0.703. The Kier molecular flexibility index (Phi) is 3.93. The third-order valence-corrected chi connectivity index (χ3v) is 2.76. The second-order valence-corrected chi connectivity index (χ2v) is 3.96. The van der Waals surface area contributed by atoms with E-state index in [0.29, 0.717) is 31.4 Å². The zero-order valence-corrected chi connectivity index (χ0v) is 10.3. The first-order valence-corrected chi connectivity index (χ1v) is 5.94. The number of hydrogen-bond acceptors (Lipinski definition) is 6. The molecule has 0 aliphatic carbocycles. The standard InChI is InChI=1S/C11H17N5O2/c1-2-18-10-7-14-6-9(15-10)16-4-3-13-5-8(16)11(12)17/h6-8,13H,2-5H2,1H3,(H2,12,17). The molecule has 1 aliphatic rings. The minimum absolute atomic E-state index is 0.370. The molecule has 0 radical (unpaired) electrons. The van der Waals surface area contributed by atoms with Gasteiger partial charge in [-0.2, -0.15) is 4.98 Å². The summed E-state index contributed by atoms with van der Waals surface area (Å²) in [4.78, 5) is 21.7. The van der Waals surface area contributed by atoms with Crippen LogP contribution in [0.2, 0.25) is 0 Å². The molecule has 2 rings (SSSR count). The van der Waals surface area contributed by atoms with Gasteiger partial charge in [-0.1, -0.05) is 0 Å². The van der Waals surface area contributed by atoms with Crippen molar-refractivity contribution in [3.8, 4) is 5.88 Å². The van der Waals surface area contributed by atoms with Crippen LogP contribution < -0.4 is 20.7 Å².